The van der Waals surface area contributed by atoms with Crippen molar-refractivity contribution in [3.8, 4) is 0 Å². The topological polar surface area (TPSA) is 0 Å². The molecule has 0 nitrogen and oxygen atoms in total. The molecule has 0 bridgehead atoms. The van der Waals surface area contributed by atoms with E-state index in [4.69, 9.17) is 0 Å². The zero-order valence-electron chi connectivity index (χ0n) is 14.1. The maximum atomic E-state index is 2.56. The van der Waals surface area contributed by atoms with Gasteiger partial charge >= 0.3 is 0 Å². The van der Waals surface area contributed by atoms with Gasteiger partial charge in [0, 0.05) is 0 Å². The van der Waals surface area contributed by atoms with Crippen LogP contribution >= 0.6 is 0 Å². The highest BCUT2D eigenvalue weighted by molar-refractivity contribution is 5.03. The second-order valence-corrected chi connectivity index (χ2v) is 8.77. The SMILES string of the molecule is CCCCC1CC1(C)CCCCC1CC12CCCCC2. The van der Waals surface area contributed by atoms with Crippen LogP contribution in [0.5, 0.6) is 0 Å². The average Bonchev–Trinajstić information content (AvgIpc) is 3.31. The van der Waals surface area contributed by atoms with Gasteiger partial charge in [0.05, 0.1) is 0 Å². The molecule has 3 rings (SSSR count). The van der Waals surface area contributed by atoms with E-state index in [0.717, 1.165) is 22.7 Å². The Hall–Kier alpha value is 0. The minimum atomic E-state index is 0.765. The van der Waals surface area contributed by atoms with Gasteiger partial charge in [-0.3, -0.25) is 0 Å². The Bertz CT molecular complexity index is 312. The molecule has 0 radical (unpaired) electrons. The Kier molecular flexibility index (Phi) is 4.48. The third-order valence-electron chi connectivity index (χ3n) is 7.20. The van der Waals surface area contributed by atoms with Crippen molar-refractivity contribution in [2.45, 2.75) is 104 Å². The molecule has 0 aliphatic heterocycles. The van der Waals surface area contributed by atoms with Crippen LogP contribution in [0.4, 0.5) is 0 Å². The van der Waals surface area contributed by atoms with Crippen molar-refractivity contribution in [1.82, 2.24) is 0 Å². The van der Waals surface area contributed by atoms with E-state index in [2.05, 4.69) is 13.8 Å². The zero-order chi connectivity index (χ0) is 14.1. The summed E-state index contributed by atoms with van der Waals surface area (Å²) in [4.78, 5) is 0. The molecule has 0 aromatic carbocycles. The highest BCUT2D eigenvalue weighted by Gasteiger charge is 2.53. The molecule has 0 aromatic heterocycles. The second-order valence-electron chi connectivity index (χ2n) is 8.77. The van der Waals surface area contributed by atoms with Crippen molar-refractivity contribution in [3.63, 3.8) is 0 Å². The van der Waals surface area contributed by atoms with Gasteiger partial charge in [-0.2, -0.15) is 0 Å². The Morgan fingerprint density at radius 1 is 0.850 bits per heavy atom. The third-order valence-corrected chi connectivity index (χ3v) is 7.20. The third kappa shape index (κ3) is 3.25. The highest BCUT2D eigenvalue weighted by Crippen LogP contribution is 2.63. The highest BCUT2D eigenvalue weighted by atomic mass is 14.6. The van der Waals surface area contributed by atoms with Gasteiger partial charge in [0.2, 0.25) is 0 Å². The molecule has 0 amide bonds. The van der Waals surface area contributed by atoms with Gasteiger partial charge in [0.25, 0.3) is 0 Å². The van der Waals surface area contributed by atoms with Crippen LogP contribution in [0.2, 0.25) is 0 Å². The number of unbranched alkanes of at least 4 members (excludes halogenated alkanes) is 2. The van der Waals surface area contributed by atoms with Crippen molar-refractivity contribution < 1.29 is 0 Å². The second kappa shape index (κ2) is 6.01. The summed E-state index contributed by atoms with van der Waals surface area (Å²) >= 11 is 0. The van der Waals surface area contributed by atoms with Crippen LogP contribution < -0.4 is 0 Å². The normalized spacial score (nSPS) is 38.1. The standard InChI is InChI=1S/C20H36/c1-3-4-10-17-15-19(17,2)12-9-6-11-18-16-20(18)13-7-5-8-14-20/h17-18H,3-16H2,1-2H3. The fraction of sp³-hybridized carbons (Fsp3) is 1.00. The van der Waals surface area contributed by atoms with Gasteiger partial charge in [0.1, 0.15) is 0 Å². The average molecular weight is 277 g/mol. The molecular weight excluding hydrogens is 240 g/mol. The van der Waals surface area contributed by atoms with Crippen LogP contribution in [0, 0.1) is 22.7 Å². The number of hydrogen-bond donors (Lipinski definition) is 0. The first-order valence-electron chi connectivity index (χ1n) is 9.69. The quantitative estimate of drug-likeness (QED) is 0.431. The van der Waals surface area contributed by atoms with E-state index in [1.54, 1.807) is 32.1 Å². The zero-order valence-corrected chi connectivity index (χ0v) is 14.1. The van der Waals surface area contributed by atoms with Crippen LogP contribution in [0.3, 0.4) is 0 Å². The van der Waals surface area contributed by atoms with Crippen molar-refractivity contribution >= 4 is 0 Å². The first-order valence-corrected chi connectivity index (χ1v) is 9.69. The molecular formula is C20H36. The van der Waals surface area contributed by atoms with E-state index in [-0.39, 0.29) is 0 Å². The molecule has 3 unspecified atom stereocenters. The summed E-state index contributed by atoms with van der Waals surface area (Å²) in [5, 5.41) is 0. The van der Waals surface area contributed by atoms with Crippen LogP contribution in [0.25, 0.3) is 0 Å². The molecule has 0 heterocycles. The van der Waals surface area contributed by atoms with Crippen LogP contribution in [-0.4, -0.2) is 0 Å². The summed E-state index contributed by atoms with van der Waals surface area (Å²) in [5.74, 6) is 2.23. The van der Waals surface area contributed by atoms with Crippen molar-refractivity contribution in [2.24, 2.45) is 22.7 Å². The molecule has 20 heavy (non-hydrogen) atoms. The Labute approximate surface area is 127 Å². The summed E-state index contributed by atoms with van der Waals surface area (Å²) in [5.41, 5.74) is 1.65. The van der Waals surface area contributed by atoms with Gasteiger partial charge < -0.3 is 0 Å². The van der Waals surface area contributed by atoms with E-state index >= 15 is 0 Å². The van der Waals surface area contributed by atoms with Crippen LogP contribution in [0.15, 0.2) is 0 Å². The van der Waals surface area contributed by atoms with Gasteiger partial charge in [0.15, 0.2) is 0 Å². The van der Waals surface area contributed by atoms with E-state index in [1.165, 1.54) is 57.8 Å². The molecule has 0 heteroatoms. The summed E-state index contributed by atoms with van der Waals surface area (Å²) < 4.78 is 0. The van der Waals surface area contributed by atoms with Gasteiger partial charge in [-0.1, -0.05) is 58.8 Å². The molecule has 116 valence electrons. The molecule has 3 fully saturated rings. The molecule has 0 aromatic rings. The molecule has 3 aliphatic rings. The van der Waals surface area contributed by atoms with Crippen LogP contribution in [-0.2, 0) is 0 Å². The van der Waals surface area contributed by atoms with Crippen LogP contribution in [0.1, 0.15) is 104 Å². The fourth-order valence-electron chi connectivity index (χ4n) is 5.34. The summed E-state index contributed by atoms with van der Waals surface area (Å²) in [6.07, 6.45) is 21.4. The molecule has 0 saturated heterocycles. The number of rotatable bonds is 8. The minimum absolute atomic E-state index is 0.765. The van der Waals surface area contributed by atoms with Crippen molar-refractivity contribution in [1.29, 1.82) is 0 Å². The summed E-state index contributed by atoms with van der Waals surface area (Å²) in [7, 11) is 0. The van der Waals surface area contributed by atoms with E-state index in [0.29, 0.717) is 0 Å². The maximum Gasteiger partial charge on any atom is -0.0266 e. The first kappa shape index (κ1) is 14.9. The van der Waals surface area contributed by atoms with E-state index < -0.39 is 0 Å². The maximum absolute atomic E-state index is 2.56. The van der Waals surface area contributed by atoms with Gasteiger partial charge in [-0.15, -0.1) is 0 Å². The smallest absolute Gasteiger partial charge is 0.0266 e. The number of hydrogen-bond acceptors (Lipinski definition) is 0. The lowest BCUT2D eigenvalue weighted by Crippen LogP contribution is -2.09. The molecule has 3 atom stereocenters. The van der Waals surface area contributed by atoms with E-state index in [9.17, 15) is 0 Å². The first-order chi connectivity index (χ1) is 9.69. The molecule has 3 saturated carbocycles. The van der Waals surface area contributed by atoms with Crippen molar-refractivity contribution in [2.75, 3.05) is 0 Å². The summed E-state index contributed by atoms with van der Waals surface area (Å²) in [6, 6.07) is 0. The predicted octanol–water partition coefficient (Wildman–Crippen LogP) is 6.73. The van der Waals surface area contributed by atoms with Gasteiger partial charge in [-0.25, -0.2) is 0 Å². The molecule has 3 aliphatic carbocycles. The molecule has 0 N–H and O–H groups in total. The predicted molar refractivity (Wildman–Crippen MR) is 87.8 cm³/mol. The monoisotopic (exact) mass is 276 g/mol. The Balaban J connectivity index is 1.27. The fourth-order valence-corrected chi connectivity index (χ4v) is 5.34. The van der Waals surface area contributed by atoms with Crippen molar-refractivity contribution in [3.05, 3.63) is 0 Å². The lowest BCUT2D eigenvalue weighted by Gasteiger charge is -2.22. The lowest BCUT2D eigenvalue weighted by atomic mass is 9.83. The van der Waals surface area contributed by atoms with Gasteiger partial charge in [-0.05, 0) is 67.6 Å². The summed E-state index contributed by atoms with van der Waals surface area (Å²) in [6.45, 7) is 4.89. The Morgan fingerprint density at radius 2 is 1.60 bits per heavy atom. The molecule has 1 spiro atoms. The minimum Gasteiger partial charge on any atom is -0.0654 e. The largest absolute Gasteiger partial charge is 0.0654 e. The van der Waals surface area contributed by atoms with E-state index in [1.807, 2.05) is 0 Å². The Morgan fingerprint density at radius 3 is 2.35 bits per heavy atom. The lowest BCUT2D eigenvalue weighted by molar-refractivity contribution is 0.298.